The van der Waals surface area contributed by atoms with Crippen LogP contribution >= 0.6 is 0 Å². The maximum absolute atomic E-state index is 13.0. The lowest BCUT2D eigenvalue weighted by atomic mass is 10.2. The third kappa shape index (κ3) is 4.51. The molecule has 0 aliphatic carbocycles. The van der Waals surface area contributed by atoms with Crippen LogP contribution in [0, 0.1) is 6.92 Å². The van der Waals surface area contributed by atoms with Crippen molar-refractivity contribution in [1.82, 2.24) is 0 Å². The van der Waals surface area contributed by atoms with Crippen LogP contribution in [0.4, 0.5) is 11.4 Å². The molecule has 0 bridgehead atoms. The molecule has 0 unspecified atom stereocenters. The van der Waals surface area contributed by atoms with Gasteiger partial charge in [-0.05, 0) is 49.7 Å². The number of anilines is 2. The Hall–Kier alpha value is -3.07. The molecule has 1 aliphatic heterocycles. The number of sulfone groups is 1. The molecule has 9 heteroatoms. The molecular formula is C20H22N2O6S. The van der Waals surface area contributed by atoms with Gasteiger partial charge < -0.3 is 20.1 Å². The molecule has 1 aliphatic rings. The van der Waals surface area contributed by atoms with E-state index < -0.39 is 21.0 Å². The first-order valence-corrected chi connectivity index (χ1v) is 10.5. The van der Waals surface area contributed by atoms with Gasteiger partial charge in [-0.15, -0.1) is 0 Å². The van der Waals surface area contributed by atoms with Crippen LogP contribution in [-0.4, -0.2) is 39.2 Å². The third-order valence-corrected chi connectivity index (χ3v) is 6.87. The second-order valence-corrected chi connectivity index (χ2v) is 9.12. The van der Waals surface area contributed by atoms with Crippen molar-refractivity contribution in [2.75, 3.05) is 24.4 Å². The summed E-state index contributed by atoms with van der Waals surface area (Å²) in [6.07, 6.45) is -0.206. The topological polar surface area (TPSA) is 111 Å². The minimum Gasteiger partial charge on any atom is -0.497 e. The molecule has 0 spiro atoms. The number of aryl methyl sites for hydroxylation is 1. The molecule has 0 radical (unpaired) electrons. The molecular weight excluding hydrogens is 396 g/mol. The first kappa shape index (κ1) is 20.7. The van der Waals surface area contributed by atoms with Gasteiger partial charge in [0.25, 0.3) is 5.91 Å². The number of ether oxygens (including phenoxy) is 2. The predicted octanol–water partition coefficient (Wildman–Crippen LogP) is 2.53. The van der Waals surface area contributed by atoms with Crippen molar-refractivity contribution in [3.05, 3.63) is 42.0 Å². The van der Waals surface area contributed by atoms with Crippen molar-refractivity contribution in [3.8, 4) is 11.5 Å². The molecule has 0 saturated carbocycles. The Morgan fingerprint density at radius 1 is 1.28 bits per heavy atom. The Labute approximate surface area is 169 Å². The molecule has 29 heavy (non-hydrogen) atoms. The average molecular weight is 418 g/mol. The highest BCUT2D eigenvalue weighted by Crippen LogP contribution is 2.34. The van der Waals surface area contributed by atoms with E-state index in [-0.39, 0.29) is 23.8 Å². The quantitative estimate of drug-likeness (QED) is 0.746. The maximum atomic E-state index is 13.0. The van der Waals surface area contributed by atoms with Crippen molar-refractivity contribution in [2.24, 2.45) is 0 Å². The van der Waals surface area contributed by atoms with E-state index in [1.165, 1.54) is 13.0 Å². The largest absolute Gasteiger partial charge is 0.497 e. The van der Waals surface area contributed by atoms with E-state index in [0.717, 1.165) is 0 Å². The van der Waals surface area contributed by atoms with Crippen LogP contribution in [0.1, 0.15) is 18.9 Å². The van der Waals surface area contributed by atoms with Crippen LogP contribution in [0.15, 0.2) is 41.3 Å². The number of benzene rings is 2. The summed E-state index contributed by atoms with van der Waals surface area (Å²) < 4.78 is 36.5. The smallest absolute Gasteiger partial charge is 0.262 e. The fourth-order valence-corrected chi connectivity index (χ4v) is 4.58. The summed E-state index contributed by atoms with van der Waals surface area (Å²) >= 11 is 0. The highest BCUT2D eigenvalue weighted by molar-refractivity contribution is 7.92. The highest BCUT2D eigenvalue weighted by atomic mass is 32.2. The van der Waals surface area contributed by atoms with Crippen molar-refractivity contribution >= 4 is 33.0 Å². The van der Waals surface area contributed by atoms with Gasteiger partial charge in [-0.1, -0.05) is 0 Å². The number of amides is 2. The fraction of sp³-hybridized carbons (Fsp3) is 0.300. The predicted molar refractivity (Wildman–Crippen MR) is 108 cm³/mol. The van der Waals surface area contributed by atoms with Crippen LogP contribution in [-0.2, 0) is 19.4 Å². The summed E-state index contributed by atoms with van der Waals surface area (Å²) in [6.45, 7) is 2.96. The summed E-state index contributed by atoms with van der Waals surface area (Å²) in [7, 11) is -2.24. The highest BCUT2D eigenvalue weighted by Gasteiger charge is 2.29. The van der Waals surface area contributed by atoms with Crippen LogP contribution in [0.3, 0.4) is 0 Å². The minimum absolute atomic E-state index is 0.0807. The molecule has 2 amide bonds. The van der Waals surface area contributed by atoms with Crippen molar-refractivity contribution in [1.29, 1.82) is 0 Å². The van der Waals surface area contributed by atoms with E-state index in [1.807, 2.05) is 0 Å². The molecule has 1 atom stereocenters. The van der Waals surface area contributed by atoms with Crippen LogP contribution in [0.2, 0.25) is 0 Å². The van der Waals surface area contributed by atoms with Crippen LogP contribution < -0.4 is 20.1 Å². The zero-order valence-corrected chi connectivity index (χ0v) is 17.1. The average Bonchev–Trinajstić information content (AvgIpc) is 2.67. The molecule has 0 fully saturated rings. The SMILES string of the molecule is COc1ccc(NC(=O)C[C@H](C)S(=O)(=O)c2cc3c(cc2C)NC(=O)CO3)cc1. The van der Waals surface area contributed by atoms with Crippen molar-refractivity contribution in [3.63, 3.8) is 0 Å². The molecule has 2 aromatic carbocycles. The van der Waals surface area contributed by atoms with Gasteiger partial charge in [-0.3, -0.25) is 9.59 Å². The third-order valence-electron chi connectivity index (χ3n) is 4.59. The first-order valence-electron chi connectivity index (χ1n) is 8.96. The van der Waals surface area contributed by atoms with Gasteiger partial charge in [0.15, 0.2) is 16.4 Å². The maximum Gasteiger partial charge on any atom is 0.262 e. The van der Waals surface area contributed by atoms with E-state index in [2.05, 4.69) is 10.6 Å². The Morgan fingerprint density at radius 3 is 2.62 bits per heavy atom. The van der Waals surface area contributed by atoms with Gasteiger partial charge in [0, 0.05) is 18.2 Å². The molecule has 154 valence electrons. The summed E-state index contributed by atoms with van der Waals surface area (Å²) in [5, 5.41) is 4.38. The molecule has 3 rings (SSSR count). The normalized spacial score (nSPS) is 14.2. The number of methoxy groups -OCH3 is 1. The molecule has 8 nitrogen and oxygen atoms in total. The Balaban J connectivity index is 1.74. The van der Waals surface area contributed by atoms with E-state index >= 15 is 0 Å². The van der Waals surface area contributed by atoms with E-state index in [4.69, 9.17) is 9.47 Å². The molecule has 0 aromatic heterocycles. The van der Waals surface area contributed by atoms with Gasteiger partial charge in [0.1, 0.15) is 11.5 Å². The monoisotopic (exact) mass is 418 g/mol. The molecule has 1 heterocycles. The Kier molecular flexibility index (Phi) is 5.78. The summed E-state index contributed by atoms with van der Waals surface area (Å²) in [6, 6.07) is 9.71. The lowest BCUT2D eigenvalue weighted by Gasteiger charge is -2.21. The zero-order valence-electron chi connectivity index (χ0n) is 16.3. The first-order chi connectivity index (χ1) is 13.7. The van der Waals surface area contributed by atoms with E-state index in [0.29, 0.717) is 28.4 Å². The number of nitrogens with one attached hydrogen (secondary N) is 2. The summed E-state index contributed by atoms with van der Waals surface area (Å²) in [4.78, 5) is 23.8. The number of fused-ring (bicyclic) bond motifs is 1. The standard InChI is InChI=1S/C20H22N2O6S/c1-12-8-16-17(28-11-20(24)22-16)10-18(12)29(25,26)13(2)9-19(23)21-14-4-6-15(27-3)7-5-14/h4-8,10,13H,9,11H2,1-3H3,(H,21,23)(H,22,24)/t13-/m0/s1. The van der Waals surface area contributed by atoms with Crippen LogP contribution in [0.25, 0.3) is 0 Å². The van der Waals surface area contributed by atoms with Gasteiger partial charge >= 0.3 is 0 Å². The second-order valence-electron chi connectivity index (χ2n) is 6.79. The van der Waals surface area contributed by atoms with Gasteiger partial charge in [-0.2, -0.15) is 0 Å². The number of carbonyl (C=O) groups excluding carboxylic acids is 2. The van der Waals surface area contributed by atoms with Crippen LogP contribution in [0.5, 0.6) is 11.5 Å². The van der Waals surface area contributed by atoms with Gasteiger partial charge in [0.05, 0.1) is 22.9 Å². The number of hydrogen-bond donors (Lipinski definition) is 2. The van der Waals surface area contributed by atoms with E-state index in [9.17, 15) is 18.0 Å². The number of rotatable bonds is 6. The lowest BCUT2D eigenvalue weighted by Crippen LogP contribution is -2.27. The lowest BCUT2D eigenvalue weighted by molar-refractivity contribution is -0.118. The number of carbonyl (C=O) groups is 2. The Bertz CT molecular complexity index is 1050. The van der Waals surface area contributed by atoms with Gasteiger partial charge in [0.2, 0.25) is 5.91 Å². The molecule has 2 N–H and O–H groups in total. The molecule has 2 aromatic rings. The number of hydrogen-bond acceptors (Lipinski definition) is 6. The summed E-state index contributed by atoms with van der Waals surface area (Å²) in [5.74, 6) is 0.241. The van der Waals surface area contributed by atoms with Crippen molar-refractivity contribution in [2.45, 2.75) is 30.4 Å². The Morgan fingerprint density at radius 2 is 1.97 bits per heavy atom. The van der Waals surface area contributed by atoms with Gasteiger partial charge in [-0.25, -0.2) is 8.42 Å². The van der Waals surface area contributed by atoms with Crippen molar-refractivity contribution < 1.29 is 27.5 Å². The fourth-order valence-electron chi connectivity index (χ4n) is 3.00. The van der Waals surface area contributed by atoms with E-state index in [1.54, 1.807) is 44.4 Å². The zero-order chi connectivity index (χ0) is 21.2. The molecule has 0 saturated heterocycles. The summed E-state index contributed by atoms with van der Waals surface area (Å²) in [5.41, 5.74) is 1.45. The second kappa shape index (κ2) is 8.12. The minimum atomic E-state index is -3.79.